The largest absolute Gasteiger partial charge is 0.494 e. The lowest BCUT2D eigenvalue weighted by Crippen LogP contribution is -2.55. The summed E-state index contributed by atoms with van der Waals surface area (Å²) in [4.78, 5) is 26.0. The lowest BCUT2D eigenvalue weighted by Gasteiger charge is -2.31. The number of morpholine rings is 1. The van der Waals surface area contributed by atoms with Gasteiger partial charge in [-0.25, -0.2) is 9.67 Å². The Hall–Kier alpha value is -4.42. The highest BCUT2D eigenvalue weighted by atomic mass is 16.5. The topological polar surface area (TPSA) is 110 Å². The Morgan fingerprint density at radius 1 is 1.07 bits per heavy atom. The van der Waals surface area contributed by atoms with Crippen molar-refractivity contribution in [3.63, 3.8) is 0 Å². The van der Waals surface area contributed by atoms with Crippen LogP contribution >= 0.6 is 0 Å². The summed E-state index contributed by atoms with van der Waals surface area (Å²) >= 11 is 0. The van der Waals surface area contributed by atoms with Crippen LogP contribution in [0.3, 0.4) is 0 Å². The van der Waals surface area contributed by atoms with Crippen molar-refractivity contribution in [1.29, 1.82) is 0 Å². The van der Waals surface area contributed by atoms with Crippen LogP contribution in [0.2, 0.25) is 0 Å². The Morgan fingerprint density at radius 3 is 2.37 bits per heavy atom. The third kappa shape index (κ3) is 6.73. The first-order valence-electron chi connectivity index (χ1n) is 15.4. The molecule has 1 aliphatic heterocycles. The van der Waals surface area contributed by atoms with E-state index in [1.165, 1.54) is 39.0 Å². The molecule has 0 spiro atoms. The van der Waals surface area contributed by atoms with Gasteiger partial charge in [0.15, 0.2) is 5.82 Å². The molecular formula is C30H39B5N8O3. The third-order valence-corrected chi connectivity index (χ3v) is 8.75. The number of benzene rings is 2. The van der Waals surface area contributed by atoms with Gasteiger partial charge >= 0.3 is 0 Å². The number of ether oxygens (including phenoxy) is 2. The number of hydrogen-bond donors (Lipinski definition) is 2. The summed E-state index contributed by atoms with van der Waals surface area (Å²) in [6, 6.07) is 5.57. The molecule has 0 aliphatic carbocycles. The first kappa shape index (κ1) is 33.0. The van der Waals surface area contributed by atoms with Crippen LogP contribution < -0.4 is 47.6 Å². The predicted octanol–water partition coefficient (Wildman–Crippen LogP) is -4.60. The summed E-state index contributed by atoms with van der Waals surface area (Å²) < 4.78 is 13.1. The van der Waals surface area contributed by atoms with Crippen LogP contribution in [0.5, 0.6) is 5.75 Å². The molecule has 0 atom stereocenters. The number of methoxy groups -OCH3 is 1. The van der Waals surface area contributed by atoms with Crippen molar-refractivity contribution in [2.24, 2.45) is 0 Å². The molecule has 1 saturated heterocycles. The Bertz CT molecular complexity index is 1760. The summed E-state index contributed by atoms with van der Waals surface area (Å²) in [6.07, 6.45) is 4.99. The molecule has 2 aromatic carbocycles. The molecule has 1 amide bonds. The molecule has 3 heterocycles. The van der Waals surface area contributed by atoms with Gasteiger partial charge in [0.05, 0.1) is 43.1 Å². The van der Waals surface area contributed by atoms with Gasteiger partial charge in [0, 0.05) is 49.7 Å². The number of aromatic nitrogens is 4. The fourth-order valence-electron chi connectivity index (χ4n) is 5.89. The summed E-state index contributed by atoms with van der Waals surface area (Å²) in [5.74, 6) is 1.24. The van der Waals surface area contributed by atoms with Gasteiger partial charge in [-0.3, -0.25) is 4.79 Å². The molecule has 4 aromatic rings. The monoisotopic (exact) mass is 614 g/mol. The van der Waals surface area contributed by atoms with Crippen LogP contribution in [-0.2, 0) is 16.1 Å². The van der Waals surface area contributed by atoms with Crippen LogP contribution in [0.4, 0.5) is 23.0 Å². The molecule has 0 radical (unpaired) electrons. The van der Waals surface area contributed by atoms with Gasteiger partial charge in [0.2, 0.25) is 11.9 Å². The van der Waals surface area contributed by atoms with E-state index in [1.54, 1.807) is 13.3 Å². The second-order valence-electron chi connectivity index (χ2n) is 11.9. The standard InChI is InChI=1S/C30H39B5N8O3/c1-5-22(44)37-17-12-18(20(45-4)13-19(17)42-8-10-46-11-9-42)38-30-36-7-6-21(39-30)43-15-16(14-41(2)3)29(40-43)23-24(31)26(33)28(35)27(34)25(23)32/h5-7,12-13,15H,1,8-11,14,31-35H2,2-4H3,(H,37,44)(H,36,38,39). The van der Waals surface area contributed by atoms with Gasteiger partial charge in [0.1, 0.15) is 45.0 Å². The summed E-state index contributed by atoms with van der Waals surface area (Å²) in [5, 5.41) is 11.4. The molecule has 46 heavy (non-hydrogen) atoms. The van der Waals surface area contributed by atoms with Crippen molar-refractivity contribution in [3.8, 4) is 22.8 Å². The van der Waals surface area contributed by atoms with Gasteiger partial charge in [-0.1, -0.05) is 17.5 Å². The van der Waals surface area contributed by atoms with Gasteiger partial charge in [-0.15, -0.1) is 16.4 Å². The van der Waals surface area contributed by atoms with E-state index < -0.39 is 0 Å². The quantitative estimate of drug-likeness (QED) is 0.135. The van der Waals surface area contributed by atoms with Crippen molar-refractivity contribution < 1.29 is 14.3 Å². The Balaban J connectivity index is 1.54. The molecule has 232 valence electrons. The number of nitrogens with zero attached hydrogens (tertiary/aromatic N) is 6. The van der Waals surface area contributed by atoms with E-state index in [1.807, 2.05) is 29.1 Å². The van der Waals surface area contributed by atoms with E-state index >= 15 is 0 Å². The van der Waals surface area contributed by atoms with Crippen molar-refractivity contribution in [3.05, 3.63) is 48.8 Å². The summed E-state index contributed by atoms with van der Waals surface area (Å²) in [6.45, 7) is 6.93. The number of rotatable bonds is 10. The maximum Gasteiger partial charge on any atom is 0.247 e. The second-order valence-corrected chi connectivity index (χ2v) is 11.9. The van der Waals surface area contributed by atoms with Crippen LogP contribution in [0.1, 0.15) is 5.56 Å². The Kier molecular flexibility index (Phi) is 9.98. The zero-order valence-electron chi connectivity index (χ0n) is 28.1. The minimum atomic E-state index is -0.309. The SMILES string of the molecule is Bc1c(B)c(B)c(-c2nn(-c3ccnc(Nc4cc(NC(=O)C=C)c(N5CCOCC5)cc4OC)n3)cc2CN(C)C)c(B)c1B. The molecule has 16 heteroatoms. The number of hydrogen-bond acceptors (Lipinski definition) is 9. The lowest BCUT2D eigenvalue weighted by molar-refractivity contribution is -0.111. The molecule has 0 unspecified atom stereocenters. The van der Waals surface area contributed by atoms with Crippen LogP contribution in [0, 0.1) is 0 Å². The molecule has 2 aromatic heterocycles. The van der Waals surface area contributed by atoms with Gasteiger partial charge in [0.25, 0.3) is 0 Å². The molecular weight excluding hydrogens is 574 g/mol. The van der Waals surface area contributed by atoms with Crippen LogP contribution in [0.15, 0.2) is 43.2 Å². The van der Waals surface area contributed by atoms with E-state index in [0.29, 0.717) is 55.2 Å². The fraction of sp³-hybridized carbons (Fsp3) is 0.267. The van der Waals surface area contributed by atoms with E-state index in [0.717, 1.165) is 23.5 Å². The van der Waals surface area contributed by atoms with E-state index in [2.05, 4.69) is 85.3 Å². The minimum absolute atomic E-state index is 0.309. The first-order valence-corrected chi connectivity index (χ1v) is 15.4. The normalized spacial score (nSPS) is 13.1. The molecule has 5 rings (SSSR count). The molecule has 11 nitrogen and oxygen atoms in total. The molecule has 0 bridgehead atoms. The number of nitrogens with one attached hydrogen (secondary N) is 2. The van der Waals surface area contributed by atoms with E-state index in [-0.39, 0.29) is 5.91 Å². The number of carbonyl (C=O) groups excluding carboxylic acids is 1. The molecule has 1 aliphatic rings. The maximum atomic E-state index is 12.4. The Labute approximate surface area is 275 Å². The highest BCUT2D eigenvalue weighted by Crippen LogP contribution is 2.38. The average molecular weight is 614 g/mol. The van der Waals surface area contributed by atoms with Crippen molar-refractivity contribution >= 4 is 95.5 Å². The van der Waals surface area contributed by atoms with Crippen molar-refractivity contribution in [2.45, 2.75) is 6.54 Å². The zero-order chi connectivity index (χ0) is 33.1. The van der Waals surface area contributed by atoms with Gasteiger partial charge < -0.3 is 29.9 Å². The predicted molar refractivity (Wildman–Crippen MR) is 201 cm³/mol. The summed E-state index contributed by atoms with van der Waals surface area (Å²) in [7, 11) is 16.6. The number of carbonyl (C=O) groups is 1. The average Bonchev–Trinajstić information content (AvgIpc) is 3.46. The molecule has 1 fully saturated rings. The molecule has 2 N–H and O–H groups in total. The number of anilines is 4. The molecule has 0 saturated carbocycles. The van der Waals surface area contributed by atoms with Gasteiger partial charge in [-0.05, 0) is 31.8 Å². The smallest absolute Gasteiger partial charge is 0.247 e. The summed E-state index contributed by atoms with van der Waals surface area (Å²) in [5.41, 5.74) is 11.6. The zero-order valence-corrected chi connectivity index (χ0v) is 28.1. The number of amides is 1. The second kappa shape index (κ2) is 13.9. The van der Waals surface area contributed by atoms with Crippen molar-refractivity contribution in [1.82, 2.24) is 24.6 Å². The van der Waals surface area contributed by atoms with Crippen molar-refractivity contribution in [2.75, 3.05) is 63.0 Å². The van der Waals surface area contributed by atoms with E-state index in [9.17, 15) is 4.79 Å². The van der Waals surface area contributed by atoms with E-state index in [4.69, 9.17) is 19.6 Å². The minimum Gasteiger partial charge on any atom is -0.494 e. The first-order chi connectivity index (χ1) is 22.0. The third-order valence-electron chi connectivity index (χ3n) is 8.75. The lowest BCUT2D eigenvalue weighted by atomic mass is 9.60. The van der Waals surface area contributed by atoms with Gasteiger partial charge in [-0.2, -0.15) is 10.1 Å². The Morgan fingerprint density at radius 2 is 1.74 bits per heavy atom. The van der Waals surface area contributed by atoms with Crippen LogP contribution in [-0.4, -0.2) is 117 Å². The maximum absolute atomic E-state index is 12.4. The highest BCUT2D eigenvalue weighted by Gasteiger charge is 2.22. The fourth-order valence-corrected chi connectivity index (χ4v) is 5.89. The highest BCUT2D eigenvalue weighted by molar-refractivity contribution is 6.68. The van der Waals surface area contributed by atoms with Crippen LogP contribution in [0.25, 0.3) is 17.1 Å².